The topological polar surface area (TPSA) is 293 Å². The molecular formula is C49H47N7O15S. The van der Waals surface area contributed by atoms with Crippen LogP contribution < -0.4 is 15.5 Å². The Balaban J connectivity index is 1.85. The number of thiophene rings is 1. The molecule has 1 aromatic heterocycles. The van der Waals surface area contributed by atoms with Crippen molar-refractivity contribution in [2.24, 2.45) is 22.1 Å². The third-order valence-electron chi connectivity index (χ3n) is 8.63. The van der Waals surface area contributed by atoms with E-state index in [1.807, 2.05) is 11.0 Å². The van der Waals surface area contributed by atoms with Crippen LogP contribution in [-0.2, 0) is 42.9 Å². The average Bonchev–Trinajstić information content (AvgIpc) is 3.79. The number of ether oxygens (including phenoxy) is 5. The zero-order chi connectivity index (χ0) is 52.8. The molecule has 0 bridgehead atoms. The monoisotopic (exact) mass is 1010 g/mol. The van der Waals surface area contributed by atoms with Crippen molar-refractivity contribution < 1.29 is 62.9 Å². The molecule has 0 aliphatic rings. The molecule has 1 heterocycles. The number of hydrogen-bond donors (Lipinski definition) is 4. The highest BCUT2D eigenvalue weighted by Crippen LogP contribution is 2.42. The fraction of sp³-hybridized carbons (Fsp3) is 0.388. The predicted molar refractivity (Wildman–Crippen MR) is 261 cm³/mol. The molecule has 72 heavy (non-hydrogen) atoms. The quantitative estimate of drug-likeness (QED) is 0.0269. The summed E-state index contributed by atoms with van der Waals surface area (Å²) in [7, 11) is 0. The van der Waals surface area contributed by atoms with E-state index in [1.165, 1.54) is 0 Å². The number of rotatable bonds is 32. The number of nitrogens with zero attached hydrogens (tertiary/aromatic N) is 5. The van der Waals surface area contributed by atoms with E-state index in [-0.39, 0.29) is 97.0 Å². The Hall–Kier alpha value is -8.72. The molecule has 0 spiro atoms. The maximum atomic E-state index is 12.2. The number of azo groups is 1. The largest absolute Gasteiger partial charge is 0.480 e. The van der Waals surface area contributed by atoms with E-state index in [9.17, 15) is 49.6 Å². The summed E-state index contributed by atoms with van der Waals surface area (Å²) in [6.07, 6.45) is 9.20. The van der Waals surface area contributed by atoms with E-state index in [2.05, 4.69) is 104 Å². The SMILES string of the molecule is C#CC#CC#CC#CC(CC(=O)NCCOCCOCCOCCN(CCOCCOCCNC(=O)CC(C#CC#CC#CC#C)C(=O)O)c1ccc(N=Nc2sc([N+](=O)[O-])cc2[N+](=O)[O-])c(C)c1)C(=O)O. The van der Waals surface area contributed by atoms with Gasteiger partial charge in [-0.25, -0.2) is 0 Å². The van der Waals surface area contributed by atoms with E-state index in [4.69, 9.17) is 36.5 Å². The molecule has 2 aromatic rings. The molecule has 0 radical (unpaired) electrons. The zero-order valence-corrected chi connectivity index (χ0v) is 39.6. The summed E-state index contributed by atoms with van der Waals surface area (Å²) in [5.41, 5.74) is 1.26. The second-order valence-corrected chi connectivity index (χ2v) is 14.7. The van der Waals surface area contributed by atoms with E-state index in [1.54, 1.807) is 19.1 Å². The fourth-order valence-corrected chi connectivity index (χ4v) is 5.99. The highest BCUT2D eigenvalue weighted by Gasteiger charge is 2.25. The first-order valence-corrected chi connectivity index (χ1v) is 22.1. The molecule has 2 unspecified atom stereocenters. The number of hydrogen-bond acceptors (Lipinski definition) is 17. The van der Waals surface area contributed by atoms with Crippen LogP contribution in [0.5, 0.6) is 0 Å². The Morgan fingerprint density at radius 1 is 0.653 bits per heavy atom. The van der Waals surface area contributed by atoms with Gasteiger partial charge in [0.05, 0.1) is 94.4 Å². The van der Waals surface area contributed by atoms with Gasteiger partial charge in [-0.3, -0.25) is 39.4 Å². The average molecular weight is 1010 g/mol. The summed E-state index contributed by atoms with van der Waals surface area (Å²) in [6.45, 7) is 5.09. The maximum absolute atomic E-state index is 12.2. The summed E-state index contributed by atoms with van der Waals surface area (Å²) in [4.78, 5) is 70.4. The number of aliphatic carboxylic acids is 2. The van der Waals surface area contributed by atoms with Crippen molar-refractivity contribution in [2.45, 2.75) is 19.8 Å². The van der Waals surface area contributed by atoms with Crippen molar-refractivity contribution in [1.29, 1.82) is 0 Å². The number of carbonyl (C=O) groups excluding carboxylic acids is 2. The predicted octanol–water partition coefficient (Wildman–Crippen LogP) is 2.88. The van der Waals surface area contributed by atoms with E-state index < -0.39 is 56.1 Å². The van der Waals surface area contributed by atoms with Crippen LogP contribution >= 0.6 is 11.3 Å². The molecule has 374 valence electrons. The second-order valence-electron chi connectivity index (χ2n) is 13.7. The normalized spacial score (nSPS) is 10.6. The lowest BCUT2D eigenvalue weighted by Crippen LogP contribution is -2.32. The van der Waals surface area contributed by atoms with Gasteiger partial charge < -0.3 is 49.4 Å². The van der Waals surface area contributed by atoms with Crippen molar-refractivity contribution in [2.75, 3.05) is 97.1 Å². The third kappa shape index (κ3) is 26.1. The van der Waals surface area contributed by atoms with Gasteiger partial charge in [0.1, 0.15) is 17.9 Å². The summed E-state index contributed by atoms with van der Waals surface area (Å²) < 4.78 is 28.1. The van der Waals surface area contributed by atoms with Gasteiger partial charge in [-0.05, 0) is 113 Å². The maximum Gasteiger partial charge on any atom is 0.333 e. The lowest BCUT2D eigenvalue weighted by atomic mass is 10.1. The number of aryl methyl sites for hydroxylation is 1. The molecular weight excluding hydrogens is 959 g/mol. The van der Waals surface area contributed by atoms with Gasteiger partial charge in [0.15, 0.2) is 0 Å². The Bertz CT molecular complexity index is 2730. The van der Waals surface area contributed by atoms with Crippen LogP contribution in [0.1, 0.15) is 18.4 Å². The molecule has 1 aromatic carbocycles. The van der Waals surface area contributed by atoms with Gasteiger partial charge >= 0.3 is 22.6 Å². The minimum Gasteiger partial charge on any atom is -0.480 e. The molecule has 0 fully saturated rings. The smallest absolute Gasteiger partial charge is 0.333 e. The van der Waals surface area contributed by atoms with Crippen molar-refractivity contribution in [3.05, 3.63) is 50.1 Å². The molecule has 0 saturated heterocycles. The van der Waals surface area contributed by atoms with Crippen LogP contribution in [0.25, 0.3) is 0 Å². The summed E-state index contributed by atoms with van der Waals surface area (Å²) >= 11 is 0.535. The van der Waals surface area contributed by atoms with Gasteiger partial charge in [-0.2, -0.15) is 0 Å². The number of nitrogens with one attached hydrogen (secondary N) is 2. The van der Waals surface area contributed by atoms with Crippen LogP contribution in [0.3, 0.4) is 0 Å². The van der Waals surface area contributed by atoms with Crippen molar-refractivity contribution in [1.82, 2.24) is 10.6 Å². The van der Waals surface area contributed by atoms with E-state index >= 15 is 0 Å². The highest BCUT2D eigenvalue weighted by atomic mass is 32.1. The molecule has 2 amide bonds. The number of carboxylic acid groups (broad SMARTS) is 2. The minimum atomic E-state index is -1.28. The number of nitro groups is 2. The molecule has 22 nitrogen and oxygen atoms in total. The van der Waals surface area contributed by atoms with Crippen molar-refractivity contribution in [3.8, 4) is 95.7 Å². The number of anilines is 1. The van der Waals surface area contributed by atoms with Crippen LogP contribution in [0.2, 0.25) is 0 Å². The van der Waals surface area contributed by atoms with Crippen LogP contribution in [-0.4, -0.2) is 136 Å². The van der Waals surface area contributed by atoms with E-state index in [0.717, 1.165) is 11.8 Å². The molecule has 0 saturated carbocycles. The van der Waals surface area contributed by atoms with Crippen LogP contribution in [0.4, 0.5) is 27.1 Å². The van der Waals surface area contributed by atoms with Crippen molar-refractivity contribution in [3.63, 3.8) is 0 Å². The summed E-state index contributed by atoms with van der Waals surface area (Å²) in [5.74, 6) is 26.1. The number of terminal acetylenes is 2. The van der Waals surface area contributed by atoms with Gasteiger partial charge in [-0.1, -0.05) is 11.8 Å². The van der Waals surface area contributed by atoms with Crippen LogP contribution in [0.15, 0.2) is 34.5 Å². The number of carboxylic acids is 2. The molecule has 4 N–H and O–H groups in total. The molecule has 0 aliphatic heterocycles. The third-order valence-corrected chi connectivity index (χ3v) is 9.59. The number of amides is 2. The lowest BCUT2D eigenvalue weighted by Gasteiger charge is -2.25. The standard InChI is InChI=1S/C49H47N7O15S/c1-4-6-8-10-12-14-16-39(48(59)60)35-44(57)50-20-24-67-28-30-69-26-22-54(41-18-19-42(38(3)34-41)52-53-47-43(55(63)64)37-46(72-47)56(65)66)23-27-70-31-33-71-32-29-68-25-21-51-45(58)36-40(49(61)62)17-15-13-11-9-7-5-2/h1-2,18-19,34,37,39-40H,20-33,35-36H2,3H3,(H,50,57)(H,51,58)(H,59,60)(H,61,62). The number of benzene rings is 1. The van der Waals surface area contributed by atoms with Crippen LogP contribution in [0, 0.1) is 135 Å². The highest BCUT2D eigenvalue weighted by molar-refractivity contribution is 7.19. The lowest BCUT2D eigenvalue weighted by molar-refractivity contribution is -0.389. The molecule has 23 heteroatoms. The Morgan fingerprint density at radius 2 is 1.10 bits per heavy atom. The van der Waals surface area contributed by atoms with Gasteiger partial charge in [0, 0.05) is 31.9 Å². The van der Waals surface area contributed by atoms with Gasteiger partial charge in [0.2, 0.25) is 16.8 Å². The number of carbonyl (C=O) groups is 4. The molecule has 2 atom stereocenters. The summed E-state index contributed by atoms with van der Waals surface area (Å²) in [6, 6.07) is 6.07. The van der Waals surface area contributed by atoms with Gasteiger partial charge in [-0.15, -0.1) is 23.1 Å². The minimum absolute atomic E-state index is 0.119. The molecule has 2 rings (SSSR count). The zero-order valence-electron chi connectivity index (χ0n) is 38.8. The first kappa shape index (κ1) is 59.4. The van der Waals surface area contributed by atoms with Crippen molar-refractivity contribution >= 4 is 62.2 Å². The Morgan fingerprint density at radius 3 is 1.53 bits per heavy atom. The fourth-order valence-electron chi connectivity index (χ4n) is 5.23. The van der Waals surface area contributed by atoms with E-state index in [0.29, 0.717) is 35.7 Å². The first-order chi connectivity index (χ1) is 34.8. The first-order valence-electron chi connectivity index (χ1n) is 21.3. The Kier molecular flexibility index (Phi) is 29.9. The molecule has 0 aliphatic carbocycles. The summed E-state index contributed by atoms with van der Waals surface area (Å²) in [5, 5.41) is 53.8. The van der Waals surface area contributed by atoms with Gasteiger partial charge in [0.25, 0.3) is 0 Å². The second kappa shape index (κ2) is 36.3. The Labute approximate surface area is 419 Å².